The van der Waals surface area contributed by atoms with Crippen LogP contribution in [-0.2, 0) is 18.0 Å². The first-order valence-electron chi connectivity index (χ1n) is 6.32. The summed E-state index contributed by atoms with van der Waals surface area (Å²) in [5, 5.41) is 9.70. The van der Waals surface area contributed by atoms with Crippen LogP contribution in [0.25, 0.3) is 0 Å². The third-order valence-electron chi connectivity index (χ3n) is 2.95. The number of ether oxygens (including phenoxy) is 2. The van der Waals surface area contributed by atoms with E-state index in [4.69, 9.17) is 26.2 Å². The van der Waals surface area contributed by atoms with E-state index in [-0.39, 0.29) is 5.56 Å². The SMILES string of the molecule is COc1cc(COCc2ccc(Cl)cc2)ccc1C(=O)O. The topological polar surface area (TPSA) is 55.8 Å². The smallest absolute Gasteiger partial charge is 0.339 e. The van der Waals surface area contributed by atoms with Gasteiger partial charge in [0.2, 0.25) is 0 Å². The van der Waals surface area contributed by atoms with Crippen molar-refractivity contribution in [2.75, 3.05) is 7.11 Å². The van der Waals surface area contributed by atoms with Crippen LogP contribution in [-0.4, -0.2) is 18.2 Å². The van der Waals surface area contributed by atoms with Gasteiger partial charge in [0, 0.05) is 5.02 Å². The standard InChI is InChI=1S/C16H15ClO4/c1-20-15-8-12(4-7-14(15)16(18)19)10-21-9-11-2-5-13(17)6-3-11/h2-8H,9-10H2,1H3,(H,18,19). The summed E-state index contributed by atoms with van der Waals surface area (Å²) in [4.78, 5) is 11.0. The maximum Gasteiger partial charge on any atom is 0.339 e. The predicted octanol–water partition coefficient (Wildman–Crippen LogP) is 3.76. The molecule has 1 N–H and O–H groups in total. The van der Waals surface area contributed by atoms with Gasteiger partial charge >= 0.3 is 5.97 Å². The van der Waals surface area contributed by atoms with E-state index < -0.39 is 5.97 Å². The van der Waals surface area contributed by atoms with Crippen molar-refractivity contribution in [3.05, 3.63) is 64.2 Å². The molecule has 0 unspecified atom stereocenters. The van der Waals surface area contributed by atoms with Crippen molar-refractivity contribution in [3.8, 4) is 5.75 Å². The Morgan fingerprint density at radius 3 is 2.33 bits per heavy atom. The minimum absolute atomic E-state index is 0.138. The summed E-state index contributed by atoms with van der Waals surface area (Å²) >= 11 is 5.81. The van der Waals surface area contributed by atoms with Gasteiger partial charge in [0.05, 0.1) is 20.3 Å². The zero-order chi connectivity index (χ0) is 15.2. The van der Waals surface area contributed by atoms with Gasteiger partial charge in [-0.25, -0.2) is 4.79 Å². The van der Waals surface area contributed by atoms with Crippen LogP contribution in [0.5, 0.6) is 5.75 Å². The molecule has 21 heavy (non-hydrogen) atoms. The second-order valence-electron chi connectivity index (χ2n) is 4.46. The maximum absolute atomic E-state index is 11.0. The van der Waals surface area contributed by atoms with Gasteiger partial charge in [-0.05, 0) is 35.4 Å². The van der Waals surface area contributed by atoms with E-state index in [0.717, 1.165) is 11.1 Å². The highest BCUT2D eigenvalue weighted by molar-refractivity contribution is 6.30. The van der Waals surface area contributed by atoms with Gasteiger partial charge in [0.15, 0.2) is 0 Å². The molecule has 0 amide bonds. The Morgan fingerprint density at radius 1 is 1.10 bits per heavy atom. The normalized spacial score (nSPS) is 10.4. The van der Waals surface area contributed by atoms with Gasteiger partial charge in [-0.2, -0.15) is 0 Å². The number of methoxy groups -OCH3 is 1. The first-order chi connectivity index (χ1) is 10.1. The Morgan fingerprint density at radius 2 is 1.71 bits per heavy atom. The van der Waals surface area contributed by atoms with Gasteiger partial charge in [-0.1, -0.05) is 29.8 Å². The number of halogens is 1. The number of hydrogen-bond acceptors (Lipinski definition) is 3. The molecule has 0 fully saturated rings. The maximum atomic E-state index is 11.0. The number of carbonyl (C=O) groups is 1. The first kappa shape index (κ1) is 15.4. The Bertz CT molecular complexity index is 623. The molecule has 2 rings (SSSR count). The molecule has 0 saturated carbocycles. The number of hydrogen-bond donors (Lipinski definition) is 1. The van der Waals surface area contributed by atoms with E-state index in [1.807, 2.05) is 24.3 Å². The monoisotopic (exact) mass is 306 g/mol. The van der Waals surface area contributed by atoms with Crippen molar-refractivity contribution >= 4 is 17.6 Å². The van der Waals surface area contributed by atoms with Gasteiger partial charge < -0.3 is 14.6 Å². The summed E-state index contributed by atoms with van der Waals surface area (Å²) in [5.41, 5.74) is 2.01. The fourth-order valence-electron chi connectivity index (χ4n) is 1.87. The van der Waals surface area contributed by atoms with E-state index in [1.54, 1.807) is 12.1 Å². The van der Waals surface area contributed by atoms with Crippen LogP contribution >= 0.6 is 11.6 Å². The highest BCUT2D eigenvalue weighted by Gasteiger charge is 2.11. The van der Waals surface area contributed by atoms with E-state index >= 15 is 0 Å². The second-order valence-corrected chi connectivity index (χ2v) is 4.90. The van der Waals surface area contributed by atoms with Crippen molar-refractivity contribution in [1.82, 2.24) is 0 Å². The Hall–Kier alpha value is -2.04. The van der Waals surface area contributed by atoms with Crippen molar-refractivity contribution in [1.29, 1.82) is 0 Å². The summed E-state index contributed by atoms with van der Waals surface area (Å²) < 4.78 is 10.7. The van der Waals surface area contributed by atoms with Crippen molar-refractivity contribution in [2.45, 2.75) is 13.2 Å². The molecule has 4 nitrogen and oxygen atoms in total. The molecule has 5 heteroatoms. The summed E-state index contributed by atoms with van der Waals surface area (Å²) in [5.74, 6) is -0.685. The van der Waals surface area contributed by atoms with Crippen LogP contribution in [0.2, 0.25) is 5.02 Å². The average Bonchev–Trinajstić information content (AvgIpc) is 2.49. The zero-order valence-corrected chi connectivity index (χ0v) is 12.3. The Kier molecular flexibility index (Phi) is 5.20. The number of aromatic carboxylic acids is 1. The molecule has 0 saturated heterocycles. The van der Waals surface area contributed by atoms with Crippen molar-refractivity contribution < 1.29 is 19.4 Å². The molecule has 0 aliphatic rings. The van der Waals surface area contributed by atoms with Crippen LogP contribution in [0.4, 0.5) is 0 Å². The minimum Gasteiger partial charge on any atom is -0.496 e. The van der Waals surface area contributed by atoms with Gasteiger partial charge in [0.25, 0.3) is 0 Å². The summed E-state index contributed by atoms with van der Waals surface area (Å²) in [6.07, 6.45) is 0. The number of carboxylic acids is 1. The Labute approximate surface area is 127 Å². The van der Waals surface area contributed by atoms with Gasteiger partial charge in [-0.3, -0.25) is 0 Å². The molecule has 0 radical (unpaired) electrons. The van der Waals surface area contributed by atoms with Crippen LogP contribution in [0.3, 0.4) is 0 Å². The fraction of sp³-hybridized carbons (Fsp3) is 0.188. The molecule has 0 aromatic heterocycles. The van der Waals surface area contributed by atoms with Crippen LogP contribution in [0.15, 0.2) is 42.5 Å². The molecular formula is C16H15ClO4. The molecule has 0 bridgehead atoms. The molecule has 2 aromatic carbocycles. The molecule has 2 aromatic rings. The Balaban J connectivity index is 1.97. The molecular weight excluding hydrogens is 292 g/mol. The lowest BCUT2D eigenvalue weighted by molar-refractivity contribution is 0.0693. The molecule has 0 aliphatic carbocycles. The van der Waals surface area contributed by atoms with Crippen LogP contribution in [0.1, 0.15) is 21.5 Å². The number of carboxylic acid groups (broad SMARTS) is 1. The predicted molar refractivity (Wildman–Crippen MR) is 79.9 cm³/mol. The lowest BCUT2D eigenvalue weighted by Crippen LogP contribution is -2.02. The molecule has 0 spiro atoms. The molecule has 110 valence electrons. The zero-order valence-electron chi connectivity index (χ0n) is 11.5. The van der Waals surface area contributed by atoms with E-state index in [0.29, 0.717) is 24.0 Å². The quantitative estimate of drug-likeness (QED) is 0.882. The minimum atomic E-state index is -1.01. The molecule has 0 aliphatic heterocycles. The molecule has 0 atom stereocenters. The van der Waals surface area contributed by atoms with Gasteiger partial charge in [-0.15, -0.1) is 0 Å². The summed E-state index contributed by atoms with van der Waals surface area (Å²) in [7, 11) is 1.44. The van der Waals surface area contributed by atoms with Crippen LogP contribution in [0, 0.1) is 0 Å². The second kappa shape index (κ2) is 7.11. The number of benzene rings is 2. The van der Waals surface area contributed by atoms with E-state index in [2.05, 4.69) is 0 Å². The van der Waals surface area contributed by atoms with E-state index in [9.17, 15) is 4.79 Å². The van der Waals surface area contributed by atoms with Crippen molar-refractivity contribution in [2.24, 2.45) is 0 Å². The lowest BCUT2D eigenvalue weighted by atomic mass is 10.1. The molecule has 0 heterocycles. The average molecular weight is 307 g/mol. The third kappa shape index (κ3) is 4.21. The highest BCUT2D eigenvalue weighted by atomic mass is 35.5. The summed E-state index contributed by atoms with van der Waals surface area (Å²) in [6, 6.07) is 12.3. The van der Waals surface area contributed by atoms with Crippen molar-refractivity contribution in [3.63, 3.8) is 0 Å². The fourth-order valence-corrected chi connectivity index (χ4v) is 2.00. The number of rotatable bonds is 6. The van der Waals surface area contributed by atoms with Crippen LogP contribution < -0.4 is 4.74 Å². The third-order valence-corrected chi connectivity index (χ3v) is 3.20. The highest BCUT2D eigenvalue weighted by Crippen LogP contribution is 2.21. The lowest BCUT2D eigenvalue weighted by Gasteiger charge is -2.09. The first-order valence-corrected chi connectivity index (χ1v) is 6.70. The van der Waals surface area contributed by atoms with Gasteiger partial charge in [0.1, 0.15) is 11.3 Å². The summed E-state index contributed by atoms with van der Waals surface area (Å²) in [6.45, 7) is 0.832. The van der Waals surface area contributed by atoms with E-state index in [1.165, 1.54) is 13.2 Å². The largest absolute Gasteiger partial charge is 0.496 e.